The van der Waals surface area contributed by atoms with Crippen LogP contribution in [0.25, 0.3) is 0 Å². The normalized spacial score (nSPS) is 13.7. The van der Waals surface area contributed by atoms with Crippen LogP contribution >= 0.6 is 11.6 Å². The van der Waals surface area contributed by atoms with Gasteiger partial charge < -0.3 is 15.0 Å². The maximum Gasteiger partial charge on any atom is 0.239 e. The Labute approximate surface area is 164 Å². The number of nitrogens with zero attached hydrogens (tertiary/aromatic N) is 1. The first-order valence-corrected chi connectivity index (χ1v) is 9.22. The van der Waals surface area contributed by atoms with Crippen LogP contribution in [0, 0.1) is 5.41 Å². The summed E-state index contributed by atoms with van der Waals surface area (Å²) in [7, 11) is 1.53. The third kappa shape index (κ3) is 3.93. The van der Waals surface area contributed by atoms with Crippen LogP contribution < -0.4 is 10.1 Å². The van der Waals surface area contributed by atoms with Crippen molar-refractivity contribution in [3.8, 4) is 5.75 Å². The van der Waals surface area contributed by atoms with Crippen LogP contribution in [0.2, 0.25) is 5.02 Å². The quantitative estimate of drug-likeness (QED) is 0.811. The summed E-state index contributed by atoms with van der Waals surface area (Å²) in [4.78, 5) is 27.6. The molecule has 0 bridgehead atoms. The number of anilines is 1. The SMILES string of the molecule is COc1ccc(NC(=O)C(C)(C)C(=O)N2CCc3ccccc3C2)cc1Cl. The van der Waals surface area contributed by atoms with E-state index in [2.05, 4.69) is 11.4 Å². The highest BCUT2D eigenvalue weighted by Gasteiger charge is 2.40. The van der Waals surface area contributed by atoms with E-state index < -0.39 is 5.41 Å². The van der Waals surface area contributed by atoms with E-state index in [9.17, 15) is 9.59 Å². The largest absolute Gasteiger partial charge is 0.495 e. The van der Waals surface area contributed by atoms with Gasteiger partial charge in [0.05, 0.1) is 12.1 Å². The van der Waals surface area contributed by atoms with Crippen molar-refractivity contribution in [2.75, 3.05) is 19.0 Å². The molecule has 5 nitrogen and oxygen atoms in total. The lowest BCUT2D eigenvalue weighted by atomic mass is 9.88. The molecular formula is C21H23ClN2O3. The number of hydrogen-bond donors (Lipinski definition) is 1. The van der Waals surface area contributed by atoms with E-state index in [1.807, 2.05) is 18.2 Å². The lowest BCUT2D eigenvalue weighted by Crippen LogP contribution is -2.48. The van der Waals surface area contributed by atoms with Gasteiger partial charge >= 0.3 is 0 Å². The minimum Gasteiger partial charge on any atom is -0.495 e. The van der Waals surface area contributed by atoms with E-state index >= 15 is 0 Å². The molecule has 3 rings (SSSR count). The Hall–Kier alpha value is -2.53. The predicted octanol–water partition coefficient (Wildman–Crippen LogP) is 3.90. The summed E-state index contributed by atoms with van der Waals surface area (Å²) in [6.07, 6.45) is 0.799. The molecule has 1 aliphatic rings. The summed E-state index contributed by atoms with van der Waals surface area (Å²) in [5, 5.41) is 3.18. The highest BCUT2D eigenvalue weighted by molar-refractivity contribution is 6.32. The molecule has 0 saturated heterocycles. The molecule has 0 saturated carbocycles. The molecule has 27 heavy (non-hydrogen) atoms. The summed E-state index contributed by atoms with van der Waals surface area (Å²) in [6, 6.07) is 13.1. The summed E-state index contributed by atoms with van der Waals surface area (Å²) in [6.45, 7) is 4.44. The van der Waals surface area contributed by atoms with Crippen molar-refractivity contribution in [2.45, 2.75) is 26.8 Å². The molecular weight excluding hydrogens is 364 g/mol. The molecule has 1 aliphatic heterocycles. The number of amides is 2. The van der Waals surface area contributed by atoms with Crippen LogP contribution in [0.4, 0.5) is 5.69 Å². The highest BCUT2D eigenvalue weighted by atomic mass is 35.5. The number of nitrogens with one attached hydrogen (secondary N) is 1. The molecule has 6 heteroatoms. The molecule has 0 spiro atoms. The zero-order valence-electron chi connectivity index (χ0n) is 15.7. The number of carbonyl (C=O) groups excluding carboxylic acids is 2. The number of carbonyl (C=O) groups is 2. The van der Waals surface area contributed by atoms with Crippen LogP contribution in [-0.2, 0) is 22.6 Å². The zero-order chi connectivity index (χ0) is 19.6. The summed E-state index contributed by atoms with van der Waals surface area (Å²) in [5.74, 6) is -0.0290. The Bertz CT molecular complexity index is 879. The first kappa shape index (κ1) is 19.2. The monoisotopic (exact) mass is 386 g/mol. The van der Waals surface area contributed by atoms with E-state index in [1.165, 1.54) is 12.7 Å². The number of benzene rings is 2. The van der Waals surface area contributed by atoms with Gasteiger partial charge in [0, 0.05) is 18.8 Å². The molecule has 0 atom stereocenters. The van der Waals surface area contributed by atoms with Crippen LogP contribution in [0.3, 0.4) is 0 Å². The van der Waals surface area contributed by atoms with Crippen molar-refractivity contribution in [2.24, 2.45) is 5.41 Å². The van der Waals surface area contributed by atoms with Crippen molar-refractivity contribution >= 4 is 29.1 Å². The van der Waals surface area contributed by atoms with Crippen molar-refractivity contribution in [3.63, 3.8) is 0 Å². The molecule has 2 aromatic carbocycles. The second kappa shape index (κ2) is 7.61. The molecule has 0 fully saturated rings. The molecule has 0 aromatic heterocycles. The van der Waals surface area contributed by atoms with Gasteiger partial charge in [-0.25, -0.2) is 0 Å². The summed E-state index contributed by atoms with van der Waals surface area (Å²) < 4.78 is 5.11. The Kier molecular flexibility index (Phi) is 5.42. The van der Waals surface area contributed by atoms with Gasteiger partial charge in [-0.05, 0) is 49.6 Å². The van der Waals surface area contributed by atoms with Crippen molar-refractivity contribution in [3.05, 3.63) is 58.6 Å². The number of hydrogen-bond acceptors (Lipinski definition) is 3. The van der Waals surface area contributed by atoms with Crippen LogP contribution in [0.15, 0.2) is 42.5 Å². The molecule has 2 aromatic rings. The summed E-state index contributed by atoms with van der Waals surface area (Å²) >= 11 is 6.11. The van der Waals surface area contributed by atoms with Crippen LogP contribution in [0.5, 0.6) is 5.75 Å². The number of rotatable bonds is 4. The van der Waals surface area contributed by atoms with Gasteiger partial charge in [-0.1, -0.05) is 35.9 Å². The van der Waals surface area contributed by atoms with E-state index in [1.54, 1.807) is 36.9 Å². The molecule has 1 N–H and O–H groups in total. The summed E-state index contributed by atoms with van der Waals surface area (Å²) in [5.41, 5.74) is 1.72. The fourth-order valence-electron chi connectivity index (χ4n) is 3.19. The third-order valence-electron chi connectivity index (χ3n) is 4.93. The number of halogens is 1. The highest BCUT2D eigenvalue weighted by Crippen LogP contribution is 2.30. The second-order valence-corrected chi connectivity index (χ2v) is 7.58. The van der Waals surface area contributed by atoms with Crippen LogP contribution in [0.1, 0.15) is 25.0 Å². The smallest absolute Gasteiger partial charge is 0.239 e. The third-order valence-corrected chi connectivity index (χ3v) is 5.23. The molecule has 142 valence electrons. The fraction of sp³-hybridized carbons (Fsp3) is 0.333. The number of methoxy groups -OCH3 is 1. The molecule has 1 heterocycles. The van der Waals surface area contributed by atoms with Gasteiger partial charge in [0.1, 0.15) is 11.2 Å². The van der Waals surface area contributed by atoms with Gasteiger partial charge in [-0.3, -0.25) is 9.59 Å². The average molecular weight is 387 g/mol. The molecule has 0 unspecified atom stereocenters. The van der Waals surface area contributed by atoms with Gasteiger partial charge in [0.2, 0.25) is 11.8 Å². The van der Waals surface area contributed by atoms with Gasteiger partial charge in [-0.15, -0.1) is 0 Å². The van der Waals surface area contributed by atoms with E-state index in [-0.39, 0.29) is 11.8 Å². The second-order valence-electron chi connectivity index (χ2n) is 7.17. The van der Waals surface area contributed by atoms with Gasteiger partial charge in [0.25, 0.3) is 0 Å². The topological polar surface area (TPSA) is 58.6 Å². The average Bonchev–Trinajstić information content (AvgIpc) is 2.67. The van der Waals surface area contributed by atoms with E-state index in [0.29, 0.717) is 29.5 Å². The predicted molar refractivity (Wildman–Crippen MR) is 106 cm³/mol. The van der Waals surface area contributed by atoms with E-state index in [0.717, 1.165) is 12.0 Å². The molecule has 2 amide bonds. The van der Waals surface area contributed by atoms with Gasteiger partial charge in [0.15, 0.2) is 0 Å². The van der Waals surface area contributed by atoms with Crippen molar-refractivity contribution < 1.29 is 14.3 Å². The fourth-order valence-corrected chi connectivity index (χ4v) is 3.45. The minimum absolute atomic E-state index is 0.186. The Balaban J connectivity index is 1.72. The maximum absolute atomic E-state index is 13.0. The van der Waals surface area contributed by atoms with E-state index in [4.69, 9.17) is 16.3 Å². The molecule has 0 radical (unpaired) electrons. The molecule has 0 aliphatic carbocycles. The number of fused-ring (bicyclic) bond motifs is 1. The lowest BCUT2D eigenvalue weighted by Gasteiger charge is -2.34. The Morgan fingerprint density at radius 2 is 1.85 bits per heavy atom. The minimum atomic E-state index is -1.20. The lowest BCUT2D eigenvalue weighted by molar-refractivity contribution is -0.147. The Morgan fingerprint density at radius 3 is 2.52 bits per heavy atom. The first-order chi connectivity index (χ1) is 12.8. The standard InChI is InChI=1S/C21H23ClN2O3/c1-21(2,19(25)23-16-8-9-18(27-3)17(22)12-16)20(26)24-11-10-14-6-4-5-7-15(14)13-24/h4-9,12H,10-11,13H2,1-3H3,(H,23,25). The van der Waals surface area contributed by atoms with Crippen molar-refractivity contribution in [1.82, 2.24) is 4.90 Å². The first-order valence-electron chi connectivity index (χ1n) is 8.84. The van der Waals surface area contributed by atoms with Crippen molar-refractivity contribution in [1.29, 1.82) is 0 Å². The Morgan fingerprint density at radius 1 is 1.15 bits per heavy atom. The van der Waals surface area contributed by atoms with Crippen LogP contribution in [-0.4, -0.2) is 30.4 Å². The number of ether oxygens (including phenoxy) is 1. The maximum atomic E-state index is 13.0. The zero-order valence-corrected chi connectivity index (χ0v) is 16.5. The van der Waals surface area contributed by atoms with Gasteiger partial charge in [-0.2, -0.15) is 0 Å².